The number of aromatic nitrogens is 4. The Morgan fingerprint density at radius 2 is 2.15 bits per heavy atom. The Labute approximate surface area is 145 Å². The molecule has 140 valence electrons. The summed E-state index contributed by atoms with van der Waals surface area (Å²) in [7, 11) is 1.46. The highest BCUT2D eigenvalue weighted by atomic mass is 19.4. The first-order valence-corrected chi connectivity index (χ1v) is 7.67. The number of hydrogen-bond donors (Lipinski definition) is 3. The van der Waals surface area contributed by atoms with E-state index in [4.69, 9.17) is 10.5 Å². The predicted octanol–water partition coefficient (Wildman–Crippen LogP) is 1.40. The minimum atomic E-state index is -4.54. The number of rotatable bonds is 3. The summed E-state index contributed by atoms with van der Waals surface area (Å²) in [5.41, 5.74) is 4.88. The molecule has 26 heavy (non-hydrogen) atoms. The van der Waals surface area contributed by atoms with E-state index in [1.807, 2.05) is 10.00 Å². The smallest absolute Gasteiger partial charge is 0.432 e. The SMILES string of the molecule is CNC(=O)O[C@@H]1CCN(c2cc(-c3cc(C(F)(F)F)[nH]n3)nc(N)n2)C1. The van der Waals surface area contributed by atoms with Gasteiger partial charge in [-0.3, -0.25) is 5.10 Å². The fourth-order valence-electron chi connectivity index (χ4n) is 2.59. The third kappa shape index (κ3) is 3.78. The molecule has 2 aromatic rings. The van der Waals surface area contributed by atoms with Crippen LogP contribution in [0.25, 0.3) is 11.4 Å². The van der Waals surface area contributed by atoms with E-state index < -0.39 is 18.0 Å². The Hall–Kier alpha value is -3.05. The molecule has 0 saturated carbocycles. The number of nitrogen functional groups attached to an aromatic ring is 1. The fraction of sp³-hybridized carbons (Fsp3) is 0.429. The number of carbonyl (C=O) groups excluding carboxylic acids is 1. The van der Waals surface area contributed by atoms with Crippen LogP contribution in [0.4, 0.5) is 29.7 Å². The van der Waals surface area contributed by atoms with Crippen molar-refractivity contribution in [1.82, 2.24) is 25.5 Å². The fourth-order valence-corrected chi connectivity index (χ4v) is 2.59. The molecule has 0 unspecified atom stereocenters. The van der Waals surface area contributed by atoms with Gasteiger partial charge in [0.15, 0.2) is 0 Å². The van der Waals surface area contributed by atoms with Gasteiger partial charge in [0, 0.05) is 26.1 Å². The Kier molecular flexibility index (Phi) is 4.57. The summed E-state index contributed by atoms with van der Waals surface area (Å²) in [5.74, 6) is 0.330. The highest BCUT2D eigenvalue weighted by Gasteiger charge is 2.33. The number of alkyl halides is 3. The number of aromatic amines is 1. The molecule has 12 heteroatoms. The van der Waals surface area contributed by atoms with Crippen molar-refractivity contribution in [3.05, 3.63) is 17.8 Å². The average Bonchev–Trinajstić information content (AvgIpc) is 3.23. The summed E-state index contributed by atoms with van der Waals surface area (Å²) in [6.45, 7) is 0.934. The van der Waals surface area contributed by atoms with Gasteiger partial charge in [-0.25, -0.2) is 9.78 Å². The molecule has 1 amide bonds. The van der Waals surface area contributed by atoms with Crippen LogP contribution in [0.5, 0.6) is 0 Å². The molecule has 1 saturated heterocycles. The Morgan fingerprint density at radius 3 is 2.81 bits per heavy atom. The standard InChI is InChI=1S/C14H16F3N7O2/c1-19-13(25)26-7-2-3-24(6-7)11-5-8(20-12(18)21-11)9-4-10(23-22-9)14(15,16)17/h4-5,7H,2-3,6H2,1H3,(H,19,25)(H,22,23)(H2,18,20,21)/t7-/m1/s1. The van der Waals surface area contributed by atoms with Crippen molar-refractivity contribution in [1.29, 1.82) is 0 Å². The third-order valence-electron chi connectivity index (χ3n) is 3.82. The molecular weight excluding hydrogens is 355 g/mol. The molecule has 1 fully saturated rings. The number of nitrogens with two attached hydrogens (primary N) is 1. The molecule has 9 nitrogen and oxygen atoms in total. The summed E-state index contributed by atoms with van der Waals surface area (Å²) in [6.07, 6.45) is -4.80. The Morgan fingerprint density at radius 1 is 1.38 bits per heavy atom. The van der Waals surface area contributed by atoms with Gasteiger partial charge >= 0.3 is 12.3 Å². The van der Waals surface area contributed by atoms with E-state index in [2.05, 4.69) is 20.4 Å². The van der Waals surface area contributed by atoms with E-state index in [1.54, 1.807) is 0 Å². The van der Waals surface area contributed by atoms with E-state index in [-0.39, 0.29) is 23.4 Å². The highest BCUT2D eigenvalue weighted by Crippen LogP contribution is 2.31. The maximum Gasteiger partial charge on any atom is 0.432 e. The number of alkyl carbamates (subject to hydrolysis) is 1. The van der Waals surface area contributed by atoms with E-state index in [1.165, 1.54) is 13.1 Å². The van der Waals surface area contributed by atoms with Gasteiger partial charge in [0.05, 0.1) is 12.2 Å². The first-order chi connectivity index (χ1) is 12.3. The van der Waals surface area contributed by atoms with Crippen LogP contribution < -0.4 is 16.0 Å². The lowest BCUT2D eigenvalue weighted by molar-refractivity contribution is -0.141. The van der Waals surface area contributed by atoms with Crippen LogP contribution in [0.2, 0.25) is 0 Å². The van der Waals surface area contributed by atoms with Gasteiger partial charge in [0.2, 0.25) is 5.95 Å². The van der Waals surface area contributed by atoms with Crippen molar-refractivity contribution in [2.75, 3.05) is 30.8 Å². The predicted molar refractivity (Wildman–Crippen MR) is 85.2 cm³/mol. The summed E-state index contributed by atoms with van der Waals surface area (Å²) in [5, 5.41) is 7.95. The largest absolute Gasteiger partial charge is 0.444 e. The van der Waals surface area contributed by atoms with Crippen LogP contribution in [0.1, 0.15) is 12.1 Å². The van der Waals surface area contributed by atoms with Crippen LogP contribution in [0.15, 0.2) is 12.1 Å². The van der Waals surface area contributed by atoms with Gasteiger partial charge in [-0.1, -0.05) is 0 Å². The molecule has 0 spiro atoms. The minimum absolute atomic E-state index is 0.00466. The number of halogens is 3. The van der Waals surface area contributed by atoms with E-state index in [0.717, 1.165) is 6.07 Å². The Bertz CT molecular complexity index is 808. The molecule has 0 radical (unpaired) electrons. The molecule has 0 aliphatic carbocycles. The maximum atomic E-state index is 12.7. The number of nitrogens with zero attached hydrogens (tertiary/aromatic N) is 4. The van der Waals surface area contributed by atoms with Crippen LogP contribution in [0, 0.1) is 0 Å². The zero-order valence-corrected chi connectivity index (χ0v) is 13.7. The summed E-state index contributed by atoms with van der Waals surface area (Å²) >= 11 is 0. The van der Waals surface area contributed by atoms with E-state index >= 15 is 0 Å². The van der Waals surface area contributed by atoms with Gasteiger partial charge in [0.1, 0.15) is 23.3 Å². The van der Waals surface area contributed by atoms with Crippen molar-refractivity contribution in [2.24, 2.45) is 0 Å². The lowest BCUT2D eigenvalue weighted by atomic mass is 10.2. The molecule has 3 rings (SSSR count). The van der Waals surface area contributed by atoms with Crippen LogP contribution in [-0.2, 0) is 10.9 Å². The third-order valence-corrected chi connectivity index (χ3v) is 3.82. The summed E-state index contributed by atoms with van der Waals surface area (Å²) in [4.78, 5) is 21.2. The van der Waals surface area contributed by atoms with Crippen molar-refractivity contribution >= 4 is 17.9 Å². The molecule has 2 aromatic heterocycles. The number of anilines is 2. The second-order valence-electron chi connectivity index (χ2n) is 5.65. The zero-order valence-electron chi connectivity index (χ0n) is 13.7. The first-order valence-electron chi connectivity index (χ1n) is 7.67. The summed E-state index contributed by atoms with van der Waals surface area (Å²) in [6, 6.07) is 2.35. The number of hydrogen-bond acceptors (Lipinski definition) is 7. The van der Waals surface area contributed by atoms with Crippen LogP contribution in [0.3, 0.4) is 0 Å². The van der Waals surface area contributed by atoms with E-state index in [9.17, 15) is 18.0 Å². The second-order valence-corrected chi connectivity index (χ2v) is 5.65. The molecule has 0 aromatic carbocycles. The van der Waals surface area contributed by atoms with Gasteiger partial charge in [-0.15, -0.1) is 0 Å². The molecule has 1 atom stereocenters. The molecule has 1 aliphatic rings. The first kappa shape index (κ1) is 17.8. The van der Waals surface area contributed by atoms with Crippen molar-refractivity contribution in [3.8, 4) is 11.4 Å². The quantitative estimate of drug-likeness (QED) is 0.745. The van der Waals surface area contributed by atoms with E-state index in [0.29, 0.717) is 25.3 Å². The highest BCUT2D eigenvalue weighted by molar-refractivity contribution is 5.67. The maximum absolute atomic E-state index is 12.7. The molecule has 0 bridgehead atoms. The minimum Gasteiger partial charge on any atom is -0.444 e. The Balaban J connectivity index is 1.80. The molecular formula is C14H16F3N7O2. The average molecular weight is 371 g/mol. The van der Waals surface area contributed by atoms with Crippen molar-refractivity contribution < 1.29 is 22.7 Å². The topological polar surface area (TPSA) is 122 Å². The monoisotopic (exact) mass is 371 g/mol. The number of ether oxygens (including phenoxy) is 1. The van der Waals surface area contributed by atoms with Crippen LogP contribution >= 0.6 is 0 Å². The van der Waals surface area contributed by atoms with Crippen molar-refractivity contribution in [2.45, 2.75) is 18.7 Å². The van der Waals surface area contributed by atoms with Gasteiger partial charge < -0.3 is 20.7 Å². The lowest BCUT2D eigenvalue weighted by Crippen LogP contribution is -2.29. The lowest BCUT2D eigenvalue weighted by Gasteiger charge is -2.18. The summed E-state index contributed by atoms with van der Waals surface area (Å²) < 4.78 is 43.3. The van der Waals surface area contributed by atoms with Gasteiger partial charge in [0.25, 0.3) is 0 Å². The normalized spacial score (nSPS) is 17.4. The molecule has 4 N–H and O–H groups in total. The number of amides is 1. The van der Waals surface area contributed by atoms with Crippen molar-refractivity contribution in [3.63, 3.8) is 0 Å². The molecule has 1 aliphatic heterocycles. The molecule has 3 heterocycles. The van der Waals surface area contributed by atoms with Gasteiger partial charge in [-0.05, 0) is 6.07 Å². The van der Waals surface area contributed by atoms with Gasteiger partial charge in [-0.2, -0.15) is 23.3 Å². The van der Waals surface area contributed by atoms with Crippen LogP contribution in [-0.4, -0.2) is 52.5 Å². The second kappa shape index (κ2) is 6.69. The number of H-pyrrole nitrogens is 1. The number of carbonyl (C=O) groups is 1. The number of nitrogens with one attached hydrogen (secondary N) is 2. The zero-order chi connectivity index (χ0) is 18.9.